The fraction of sp³-hybridized carbons (Fsp3) is 0.500. The maximum atomic E-state index is 15.5. The molecular formula is C36H42ClFN4O4. The molecule has 8 nitrogen and oxygen atoms in total. The fourth-order valence-electron chi connectivity index (χ4n) is 7.62. The largest absolute Gasteiger partial charge is 0.459 e. The molecule has 2 saturated carbocycles. The van der Waals surface area contributed by atoms with E-state index in [9.17, 15) is 14.4 Å². The molecule has 1 unspecified atom stereocenters. The van der Waals surface area contributed by atoms with Crippen molar-refractivity contribution in [2.45, 2.75) is 102 Å². The van der Waals surface area contributed by atoms with Gasteiger partial charge in [-0.1, -0.05) is 30.9 Å². The van der Waals surface area contributed by atoms with E-state index in [1.807, 2.05) is 28.9 Å². The van der Waals surface area contributed by atoms with Gasteiger partial charge in [0.05, 0.1) is 34.2 Å². The normalized spacial score (nSPS) is 20.8. The average Bonchev–Trinajstić information content (AvgIpc) is 3.43. The number of rotatable bonds is 9. The number of nitrogens with one attached hydrogen (secondary N) is 1. The summed E-state index contributed by atoms with van der Waals surface area (Å²) in [6, 6.07) is 11.6. The molecule has 0 aliphatic heterocycles. The highest BCUT2D eigenvalue weighted by Gasteiger charge is 2.38. The molecule has 1 heterocycles. The Kier molecular flexibility index (Phi) is 10.1. The van der Waals surface area contributed by atoms with E-state index in [-0.39, 0.29) is 41.0 Å². The Labute approximate surface area is 274 Å². The number of nitrogens with two attached hydrogens (primary N) is 1. The van der Waals surface area contributed by atoms with Gasteiger partial charge in [-0.15, -0.1) is 0 Å². The van der Waals surface area contributed by atoms with E-state index in [0.717, 1.165) is 99.3 Å². The molecule has 0 saturated heterocycles. The molecule has 46 heavy (non-hydrogen) atoms. The van der Waals surface area contributed by atoms with Gasteiger partial charge in [-0.25, -0.2) is 13.9 Å². The van der Waals surface area contributed by atoms with E-state index in [2.05, 4.69) is 5.32 Å². The van der Waals surface area contributed by atoms with Crippen LogP contribution in [-0.2, 0) is 27.2 Å². The van der Waals surface area contributed by atoms with Gasteiger partial charge in [0.15, 0.2) is 0 Å². The third-order valence-electron chi connectivity index (χ3n) is 9.99. The molecule has 3 aliphatic rings. The Morgan fingerprint density at radius 1 is 0.957 bits per heavy atom. The number of ether oxygens (including phenoxy) is 1. The number of esters is 1. The summed E-state index contributed by atoms with van der Waals surface area (Å²) in [5.41, 5.74) is 9.34. The zero-order valence-electron chi connectivity index (χ0n) is 26.1. The van der Waals surface area contributed by atoms with Crippen LogP contribution in [0.3, 0.4) is 0 Å². The first-order valence-corrected chi connectivity index (χ1v) is 17.1. The summed E-state index contributed by atoms with van der Waals surface area (Å²) in [5.74, 6) is -2.09. The summed E-state index contributed by atoms with van der Waals surface area (Å²) in [6.07, 6.45) is 11.7. The van der Waals surface area contributed by atoms with E-state index in [1.54, 1.807) is 0 Å². The van der Waals surface area contributed by atoms with Crippen LogP contribution in [0.2, 0.25) is 5.02 Å². The first kappa shape index (κ1) is 32.2. The SMILES string of the molecule is NC(=O)CC1CCC(OC(=O)c2ccc(NC(=O)C(c3c4c(nn3-c3ccc(Cl)cc3)CCCC4)C3CCCCC3)c(F)c2)CC1. The Hall–Kier alpha value is -3.72. The predicted octanol–water partition coefficient (Wildman–Crippen LogP) is 7.44. The second-order valence-corrected chi connectivity index (χ2v) is 13.6. The van der Waals surface area contributed by atoms with Gasteiger partial charge in [0, 0.05) is 11.4 Å². The molecule has 2 amide bonds. The Bertz CT molecular complexity index is 1580. The third kappa shape index (κ3) is 7.30. The zero-order valence-corrected chi connectivity index (χ0v) is 26.9. The molecule has 3 aromatic rings. The van der Waals surface area contributed by atoms with Crippen molar-refractivity contribution in [3.8, 4) is 5.69 Å². The van der Waals surface area contributed by atoms with Gasteiger partial charge >= 0.3 is 5.97 Å². The molecule has 0 spiro atoms. The van der Waals surface area contributed by atoms with E-state index in [1.165, 1.54) is 12.1 Å². The van der Waals surface area contributed by atoms with Crippen LogP contribution in [0.5, 0.6) is 0 Å². The summed E-state index contributed by atoms with van der Waals surface area (Å²) in [6.45, 7) is 0. The van der Waals surface area contributed by atoms with Crippen molar-refractivity contribution in [2.24, 2.45) is 17.6 Å². The number of hydrogen-bond donors (Lipinski definition) is 2. The van der Waals surface area contributed by atoms with Gasteiger partial charge < -0.3 is 15.8 Å². The fourth-order valence-corrected chi connectivity index (χ4v) is 7.74. The minimum absolute atomic E-state index is 0.0285. The number of amides is 2. The molecule has 10 heteroatoms. The topological polar surface area (TPSA) is 116 Å². The van der Waals surface area contributed by atoms with Gasteiger partial charge in [0.1, 0.15) is 11.9 Å². The number of halogens is 2. The summed E-state index contributed by atoms with van der Waals surface area (Å²) in [7, 11) is 0. The molecule has 2 aromatic carbocycles. The van der Waals surface area contributed by atoms with Crippen molar-refractivity contribution in [1.82, 2.24) is 9.78 Å². The van der Waals surface area contributed by atoms with E-state index in [4.69, 9.17) is 27.2 Å². The van der Waals surface area contributed by atoms with Gasteiger partial charge in [-0.3, -0.25) is 9.59 Å². The molecule has 1 aromatic heterocycles. The van der Waals surface area contributed by atoms with E-state index in [0.29, 0.717) is 24.3 Å². The van der Waals surface area contributed by atoms with Gasteiger partial charge in [0.25, 0.3) is 0 Å². The van der Waals surface area contributed by atoms with Crippen LogP contribution in [0, 0.1) is 17.7 Å². The number of benzene rings is 2. The maximum Gasteiger partial charge on any atom is 0.338 e. The van der Waals surface area contributed by atoms with Crippen LogP contribution in [0.4, 0.5) is 10.1 Å². The van der Waals surface area contributed by atoms with E-state index >= 15 is 4.39 Å². The molecule has 0 radical (unpaired) electrons. The van der Waals surface area contributed by atoms with Gasteiger partial charge in [-0.2, -0.15) is 5.10 Å². The molecule has 1 atom stereocenters. The highest BCUT2D eigenvalue weighted by atomic mass is 35.5. The van der Waals surface area contributed by atoms with Crippen LogP contribution < -0.4 is 11.1 Å². The highest BCUT2D eigenvalue weighted by molar-refractivity contribution is 6.30. The first-order chi connectivity index (χ1) is 22.3. The standard InChI is InChI=1S/C36H42ClFN4O4/c37-25-13-15-26(16-14-25)42-34(28-8-4-5-9-30(28)41-42)33(23-6-2-1-3-7-23)35(44)40-31-19-12-24(21-29(31)38)36(45)46-27-17-10-22(11-18-27)20-32(39)43/h12-16,19,21-23,27,33H,1-11,17-18,20H2,(H2,39,43)(H,40,44). The number of aryl methyl sites for hydroxylation is 1. The van der Waals surface area contributed by atoms with Crippen molar-refractivity contribution in [1.29, 1.82) is 0 Å². The Morgan fingerprint density at radius 2 is 1.67 bits per heavy atom. The average molecular weight is 649 g/mol. The van der Waals surface area contributed by atoms with Crippen molar-refractivity contribution >= 4 is 35.1 Å². The van der Waals surface area contributed by atoms with Crippen molar-refractivity contribution in [3.63, 3.8) is 0 Å². The van der Waals surface area contributed by atoms with Crippen LogP contribution in [0.15, 0.2) is 42.5 Å². The molecule has 2 fully saturated rings. The second-order valence-electron chi connectivity index (χ2n) is 13.2. The number of primary amides is 1. The molecular weight excluding hydrogens is 607 g/mol. The Morgan fingerprint density at radius 3 is 2.37 bits per heavy atom. The Balaban J connectivity index is 1.23. The molecule has 3 N–H and O–H groups in total. The number of nitrogens with zero attached hydrogens (tertiary/aromatic N) is 2. The van der Waals surface area contributed by atoms with Crippen LogP contribution >= 0.6 is 11.6 Å². The van der Waals surface area contributed by atoms with Crippen molar-refractivity contribution in [2.75, 3.05) is 5.32 Å². The smallest absolute Gasteiger partial charge is 0.338 e. The molecule has 3 aliphatic carbocycles. The number of carbonyl (C=O) groups is 3. The summed E-state index contributed by atoms with van der Waals surface area (Å²) >= 11 is 6.21. The van der Waals surface area contributed by atoms with Crippen LogP contribution in [-0.4, -0.2) is 33.7 Å². The second kappa shape index (κ2) is 14.4. The number of aromatic nitrogens is 2. The van der Waals surface area contributed by atoms with Gasteiger partial charge in [-0.05, 0) is 124 Å². The lowest BCUT2D eigenvalue weighted by atomic mass is 9.76. The number of fused-ring (bicyclic) bond motifs is 1. The van der Waals surface area contributed by atoms with Crippen LogP contribution in [0.1, 0.15) is 110 Å². The summed E-state index contributed by atoms with van der Waals surface area (Å²) in [5, 5.41) is 8.53. The zero-order chi connectivity index (χ0) is 32.2. The summed E-state index contributed by atoms with van der Waals surface area (Å²) in [4.78, 5) is 38.4. The maximum absolute atomic E-state index is 15.5. The number of anilines is 1. The summed E-state index contributed by atoms with van der Waals surface area (Å²) < 4.78 is 23.1. The molecule has 6 rings (SSSR count). The molecule has 0 bridgehead atoms. The third-order valence-corrected chi connectivity index (χ3v) is 10.2. The lowest BCUT2D eigenvalue weighted by Gasteiger charge is -2.31. The predicted molar refractivity (Wildman–Crippen MR) is 175 cm³/mol. The van der Waals surface area contributed by atoms with Crippen molar-refractivity contribution in [3.05, 3.63) is 75.8 Å². The number of carbonyl (C=O) groups excluding carboxylic acids is 3. The van der Waals surface area contributed by atoms with E-state index < -0.39 is 17.7 Å². The highest BCUT2D eigenvalue weighted by Crippen LogP contribution is 2.41. The quantitative estimate of drug-likeness (QED) is 0.234. The monoisotopic (exact) mass is 648 g/mol. The lowest BCUT2D eigenvalue weighted by Crippen LogP contribution is -2.32. The minimum atomic E-state index is -0.691. The van der Waals surface area contributed by atoms with Crippen LogP contribution in [0.25, 0.3) is 5.69 Å². The number of hydrogen-bond acceptors (Lipinski definition) is 5. The first-order valence-electron chi connectivity index (χ1n) is 16.7. The van der Waals surface area contributed by atoms with Gasteiger partial charge in [0.2, 0.25) is 11.8 Å². The molecule has 244 valence electrons. The minimum Gasteiger partial charge on any atom is -0.459 e. The lowest BCUT2D eigenvalue weighted by molar-refractivity contribution is -0.120. The van der Waals surface area contributed by atoms with Crippen molar-refractivity contribution < 1.29 is 23.5 Å².